The lowest BCUT2D eigenvalue weighted by molar-refractivity contribution is -0.320. The third-order valence-corrected chi connectivity index (χ3v) is 7.97. The molecule has 0 amide bonds. The molecule has 3 heterocycles. The van der Waals surface area contributed by atoms with Crippen molar-refractivity contribution in [1.82, 2.24) is 0 Å². The van der Waals surface area contributed by atoms with Gasteiger partial charge in [-0.05, 0) is 54.8 Å². The number of rotatable bonds is 12. The predicted octanol–water partition coefficient (Wildman–Crippen LogP) is 0.338. The minimum Gasteiger partial charge on any atom is -0.493 e. The summed E-state index contributed by atoms with van der Waals surface area (Å²) >= 11 is 0. The first kappa shape index (κ1) is 33.3. The topological polar surface area (TPSA) is 199 Å². The number of furan rings is 1. The van der Waals surface area contributed by atoms with Crippen molar-refractivity contribution < 1.29 is 68.2 Å². The van der Waals surface area contributed by atoms with Crippen LogP contribution in [-0.4, -0.2) is 127 Å². The predicted molar refractivity (Wildman–Crippen MR) is 156 cm³/mol. The zero-order chi connectivity index (χ0) is 32.2. The first-order chi connectivity index (χ1) is 21.6. The highest BCUT2D eigenvalue weighted by Crippen LogP contribution is 2.38. The van der Waals surface area contributed by atoms with Crippen LogP contribution in [0, 0.1) is 0 Å². The normalized spacial score (nSPS) is 30.4. The first-order valence-electron chi connectivity index (χ1n) is 14.6. The number of benzene rings is 2. The molecule has 248 valence electrons. The average Bonchev–Trinajstić information content (AvgIpc) is 3.49. The summed E-state index contributed by atoms with van der Waals surface area (Å²) in [7, 11) is 4.70. The van der Waals surface area contributed by atoms with E-state index in [0.717, 1.165) is 16.5 Å². The highest BCUT2D eigenvalue weighted by molar-refractivity contribution is 5.88. The van der Waals surface area contributed by atoms with Crippen molar-refractivity contribution in [3.8, 4) is 28.6 Å². The van der Waals surface area contributed by atoms with Crippen molar-refractivity contribution in [2.75, 3.05) is 41.2 Å². The summed E-state index contributed by atoms with van der Waals surface area (Å²) in [4.78, 5) is 0. The van der Waals surface area contributed by atoms with Gasteiger partial charge in [0, 0.05) is 10.9 Å². The van der Waals surface area contributed by atoms with Gasteiger partial charge in [-0.25, -0.2) is 0 Å². The van der Waals surface area contributed by atoms with Crippen LogP contribution < -0.4 is 14.2 Å². The first-order valence-corrected chi connectivity index (χ1v) is 14.6. The fourth-order valence-corrected chi connectivity index (χ4v) is 5.39. The summed E-state index contributed by atoms with van der Waals surface area (Å²) in [6.45, 7) is -0.469. The molecular formula is C31H40O14. The Hall–Kier alpha value is -3.02. The molecule has 0 saturated carbocycles. The van der Waals surface area contributed by atoms with Crippen LogP contribution in [0.5, 0.6) is 17.2 Å². The van der Waals surface area contributed by atoms with Crippen molar-refractivity contribution in [3.63, 3.8) is 0 Å². The number of hydrogen-bond donors (Lipinski definition) is 6. The van der Waals surface area contributed by atoms with Crippen molar-refractivity contribution >= 4 is 11.0 Å². The van der Waals surface area contributed by atoms with E-state index in [9.17, 15) is 30.6 Å². The fraction of sp³-hybridized carbons (Fsp3) is 0.548. The van der Waals surface area contributed by atoms with Gasteiger partial charge < -0.3 is 68.2 Å². The number of hydrogen-bond acceptors (Lipinski definition) is 14. The number of aryl methyl sites for hydroxylation is 1. The van der Waals surface area contributed by atoms with E-state index in [4.69, 9.17) is 37.6 Å². The van der Waals surface area contributed by atoms with Crippen LogP contribution in [0.2, 0.25) is 0 Å². The molecule has 2 aliphatic rings. The molecule has 3 aromatic rings. The average molecular weight is 637 g/mol. The van der Waals surface area contributed by atoms with Crippen molar-refractivity contribution in [2.24, 2.45) is 0 Å². The molecule has 2 aromatic carbocycles. The van der Waals surface area contributed by atoms with Gasteiger partial charge in [0.1, 0.15) is 48.5 Å². The Morgan fingerprint density at radius 3 is 2.20 bits per heavy atom. The zero-order valence-corrected chi connectivity index (χ0v) is 25.1. The second-order valence-corrected chi connectivity index (χ2v) is 11.0. The highest BCUT2D eigenvalue weighted by atomic mass is 16.7. The molecular weight excluding hydrogens is 596 g/mol. The van der Waals surface area contributed by atoms with E-state index in [1.54, 1.807) is 27.4 Å². The molecule has 6 N–H and O–H groups in total. The van der Waals surface area contributed by atoms with Gasteiger partial charge in [0.15, 0.2) is 35.4 Å². The zero-order valence-electron chi connectivity index (χ0n) is 25.1. The second-order valence-electron chi connectivity index (χ2n) is 11.0. The van der Waals surface area contributed by atoms with E-state index in [-0.39, 0.29) is 19.8 Å². The van der Waals surface area contributed by atoms with E-state index < -0.39 is 55.3 Å². The second kappa shape index (κ2) is 14.6. The molecule has 9 atom stereocenters. The third-order valence-electron chi connectivity index (χ3n) is 7.97. The van der Waals surface area contributed by atoms with Crippen molar-refractivity contribution in [3.05, 3.63) is 42.0 Å². The van der Waals surface area contributed by atoms with E-state index in [1.165, 1.54) is 0 Å². The summed E-state index contributed by atoms with van der Waals surface area (Å²) in [6, 6.07) is 11.3. The fourth-order valence-electron chi connectivity index (χ4n) is 5.39. The van der Waals surface area contributed by atoms with Gasteiger partial charge in [-0.15, -0.1) is 0 Å². The molecule has 2 saturated heterocycles. The molecule has 0 aliphatic carbocycles. The number of aliphatic hydroxyl groups excluding tert-OH is 6. The number of ether oxygens (including phenoxy) is 7. The van der Waals surface area contributed by atoms with Crippen LogP contribution in [0.1, 0.15) is 12.0 Å². The number of aliphatic hydroxyl groups is 6. The Labute approximate surface area is 259 Å². The summed E-state index contributed by atoms with van der Waals surface area (Å²) in [5.74, 6) is 2.38. The molecule has 2 fully saturated rings. The van der Waals surface area contributed by atoms with Gasteiger partial charge >= 0.3 is 0 Å². The summed E-state index contributed by atoms with van der Waals surface area (Å²) in [5.41, 5.74) is 2.35. The maximum Gasteiger partial charge on any atom is 0.186 e. The SMILES string of the molecule is COc1ccc(-c2cc3cc(CCCO[C@@H]4OC(CO[C@@H]5OC[C@@H](O)[C@H](O)C5O)[C@@H](O)[C@H](O)C4O)cc(OC)c3o2)cc1OC. The van der Waals surface area contributed by atoms with Crippen LogP contribution in [0.4, 0.5) is 0 Å². The molecule has 45 heavy (non-hydrogen) atoms. The summed E-state index contributed by atoms with van der Waals surface area (Å²) < 4.78 is 44.5. The largest absolute Gasteiger partial charge is 0.493 e. The van der Waals surface area contributed by atoms with E-state index >= 15 is 0 Å². The molecule has 14 nitrogen and oxygen atoms in total. The minimum atomic E-state index is -1.59. The molecule has 5 rings (SSSR count). The lowest BCUT2D eigenvalue weighted by Crippen LogP contribution is -2.60. The molecule has 1 aromatic heterocycles. The van der Waals surface area contributed by atoms with Crippen LogP contribution in [0.15, 0.2) is 40.8 Å². The van der Waals surface area contributed by atoms with E-state index in [1.807, 2.05) is 30.3 Å². The minimum absolute atomic E-state index is 0.148. The molecule has 2 aliphatic heterocycles. The Morgan fingerprint density at radius 1 is 0.733 bits per heavy atom. The molecule has 3 unspecified atom stereocenters. The van der Waals surface area contributed by atoms with Crippen LogP contribution in [-0.2, 0) is 25.4 Å². The standard InChI is InChI=1S/C31H40O14/c1-38-19-7-6-16(11-21(19)39-2)20-12-17-9-15(10-22(40-3)29(17)44-20)5-4-8-41-31-28(37)26(35)25(34)23(45-31)14-43-30-27(36)24(33)18(32)13-42-30/h6-7,9-12,18,23-28,30-37H,4-5,8,13-14H2,1-3H3/t18-,23?,24+,25-,26+,27?,28?,30+,31-/m1/s1. The lowest BCUT2D eigenvalue weighted by atomic mass is 9.99. The van der Waals surface area contributed by atoms with E-state index in [0.29, 0.717) is 41.4 Å². The van der Waals surface area contributed by atoms with Gasteiger partial charge in [-0.1, -0.05) is 0 Å². The van der Waals surface area contributed by atoms with Crippen molar-refractivity contribution in [1.29, 1.82) is 0 Å². The quantitative estimate of drug-likeness (QED) is 0.149. The monoisotopic (exact) mass is 636 g/mol. The highest BCUT2D eigenvalue weighted by Gasteiger charge is 2.45. The number of fused-ring (bicyclic) bond motifs is 1. The maximum atomic E-state index is 10.4. The molecule has 14 heteroatoms. The Balaban J connectivity index is 1.18. The van der Waals surface area contributed by atoms with Gasteiger partial charge in [0.05, 0.1) is 41.2 Å². The molecule has 0 radical (unpaired) electrons. The summed E-state index contributed by atoms with van der Waals surface area (Å²) in [5, 5.41) is 61.6. The van der Waals surface area contributed by atoms with Gasteiger partial charge in [0.2, 0.25) is 0 Å². The van der Waals surface area contributed by atoms with Crippen LogP contribution >= 0.6 is 0 Å². The summed E-state index contributed by atoms with van der Waals surface area (Å²) in [6.07, 6.45) is -11.5. The maximum absolute atomic E-state index is 10.4. The third kappa shape index (κ3) is 7.20. The lowest BCUT2D eigenvalue weighted by Gasteiger charge is -2.41. The molecule has 0 bridgehead atoms. The van der Waals surface area contributed by atoms with Gasteiger partial charge in [0.25, 0.3) is 0 Å². The number of methoxy groups -OCH3 is 3. The Kier molecular flexibility index (Phi) is 10.8. The van der Waals surface area contributed by atoms with Crippen molar-refractivity contribution in [2.45, 2.75) is 68.1 Å². The van der Waals surface area contributed by atoms with Crippen LogP contribution in [0.3, 0.4) is 0 Å². The smallest absolute Gasteiger partial charge is 0.186 e. The Morgan fingerprint density at radius 2 is 1.47 bits per heavy atom. The Bertz CT molecular complexity index is 1410. The molecule has 0 spiro atoms. The van der Waals surface area contributed by atoms with E-state index in [2.05, 4.69) is 0 Å². The van der Waals surface area contributed by atoms with Gasteiger partial charge in [-0.3, -0.25) is 0 Å². The van der Waals surface area contributed by atoms with Gasteiger partial charge in [-0.2, -0.15) is 0 Å². The van der Waals surface area contributed by atoms with Crippen LogP contribution in [0.25, 0.3) is 22.3 Å².